The average Bonchev–Trinajstić information content (AvgIpc) is 3.00. The van der Waals surface area contributed by atoms with Crippen LogP contribution >= 0.6 is 35.6 Å². The third-order valence-electron chi connectivity index (χ3n) is 4.34. The minimum Gasteiger partial charge on any atom is -0.341 e. The van der Waals surface area contributed by atoms with Crippen molar-refractivity contribution in [2.24, 2.45) is 5.92 Å². The number of rotatable bonds is 6. The third-order valence-corrected chi connectivity index (χ3v) is 5.08. The first-order valence-electron chi connectivity index (χ1n) is 7.95. The number of benzene rings is 1. The standard InChI is InChI=1S/C18H24Cl2N2O.ClH/c1-13(2)17(12-22-8-4-5-9-22)21(3)18(23)11-14-6-7-15(19)16(20)10-14;/h4-7,10,13,17H,8-9,11-12H2,1-3H3;1H. The second kappa shape index (κ2) is 9.67. The molecule has 0 radical (unpaired) electrons. The van der Waals surface area contributed by atoms with Crippen LogP contribution in [-0.4, -0.2) is 48.4 Å². The van der Waals surface area contributed by atoms with Crippen LogP contribution < -0.4 is 0 Å². The number of likely N-dealkylation sites (N-methyl/N-ethyl adjacent to an activating group) is 1. The molecule has 1 aliphatic rings. The van der Waals surface area contributed by atoms with Gasteiger partial charge in [0.1, 0.15) is 0 Å². The highest BCUT2D eigenvalue weighted by atomic mass is 35.5. The van der Waals surface area contributed by atoms with Gasteiger partial charge in [-0.3, -0.25) is 9.69 Å². The first-order chi connectivity index (χ1) is 10.9. The number of halogens is 3. The summed E-state index contributed by atoms with van der Waals surface area (Å²) in [7, 11) is 1.90. The summed E-state index contributed by atoms with van der Waals surface area (Å²) >= 11 is 12.0. The molecule has 1 unspecified atom stereocenters. The number of nitrogens with zero attached hydrogens (tertiary/aromatic N) is 2. The van der Waals surface area contributed by atoms with E-state index in [0.717, 1.165) is 25.2 Å². The molecule has 1 amide bonds. The van der Waals surface area contributed by atoms with Gasteiger partial charge >= 0.3 is 0 Å². The molecule has 0 fully saturated rings. The van der Waals surface area contributed by atoms with E-state index in [-0.39, 0.29) is 24.4 Å². The van der Waals surface area contributed by atoms with Gasteiger partial charge in [0.15, 0.2) is 0 Å². The van der Waals surface area contributed by atoms with Gasteiger partial charge in [0.2, 0.25) is 5.91 Å². The van der Waals surface area contributed by atoms with Crippen molar-refractivity contribution in [1.29, 1.82) is 0 Å². The van der Waals surface area contributed by atoms with Gasteiger partial charge in [-0.25, -0.2) is 0 Å². The fourth-order valence-corrected chi connectivity index (χ4v) is 3.17. The predicted molar refractivity (Wildman–Crippen MR) is 104 cm³/mol. The quantitative estimate of drug-likeness (QED) is 0.675. The molecule has 1 aromatic carbocycles. The van der Waals surface area contributed by atoms with E-state index in [9.17, 15) is 4.79 Å². The maximum atomic E-state index is 12.6. The average molecular weight is 392 g/mol. The number of amides is 1. The van der Waals surface area contributed by atoms with Gasteiger partial charge in [-0.05, 0) is 23.6 Å². The van der Waals surface area contributed by atoms with E-state index in [1.807, 2.05) is 18.0 Å². The molecule has 0 N–H and O–H groups in total. The highest BCUT2D eigenvalue weighted by Crippen LogP contribution is 2.23. The molecule has 2 rings (SSSR count). The van der Waals surface area contributed by atoms with E-state index in [1.165, 1.54) is 0 Å². The summed E-state index contributed by atoms with van der Waals surface area (Å²) < 4.78 is 0. The van der Waals surface area contributed by atoms with Crippen LogP contribution in [0.5, 0.6) is 0 Å². The van der Waals surface area contributed by atoms with Gasteiger partial charge in [-0.1, -0.05) is 55.3 Å². The fraction of sp³-hybridized carbons (Fsp3) is 0.500. The molecule has 1 atom stereocenters. The summed E-state index contributed by atoms with van der Waals surface area (Å²) in [5.74, 6) is 0.507. The van der Waals surface area contributed by atoms with Crippen LogP contribution in [0.2, 0.25) is 10.0 Å². The monoisotopic (exact) mass is 390 g/mol. The predicted octanol–water partition coefficient (Wildman–Crippen LogP) is 4.31. The lowest BCUT2D eigenvalue weighted by Crippen LogP contribution is -2.47. The zero-order chi connectivity index (χ0) is 17.0. The molecular formula is C18H25Cl3N2O. The zero-order valence-corrected chi connectivity index (χ0v) is 16.7. The van der Waals surface area contributed by atoms with E-state index in [0.29, 0.717) is 22.4 Å². The normalized spacial score (nSPS) is 15.4. The molecule has 0 spiro atoms. The first-order valence-corrected chi connectivity index (χ1v) is 8.71. The van der Waals surface area contributed by atoms with Gasteiger partial charge in [0.25, 0.3) is 0 Å². The summed E-state index contributed by atoms with van der Waals surface area (Å²) in [6.45, 7) is 7.17. The molecule has 0 saturated heterocycles. The summed E-state index contributed by atoms with van der Waals surface area (Å²) in [5.41, 5.74) is 0.890. The first kappa shape index (κ1) is 21.3. The molecule has 0 saturated carbocycles. The number of carbonyl (C=O) groups excluding carboxylic acids is 1. The van der Waals surface area contributed by atoms with Crippen LogP contribution in [0.4, 0.5) is 0 Å². The van der Waals surface area contributed by atoms with Crippen molar-refractivity contribution in [3.63, 3.8) is 0 Å². The van der Waals surface area contributed by atoms with E-state index >= 15 is 0 Å². The Morgan fingerprint density at radius 1 is 1.21 bits per heavy atom. The third kappa shape index (κ3) is 5.66. The van der Waals surface area contributed by atoms with E-state index in [4.69, 9.17) is 23.2 Å². The minimum atomic E-state index is 0. The summed E-state index contributed by atoms with van der Waals surface area (Å²) in [5, 5.41) is 1.00. The van der Waals surface area contributed by atoms with Crippen LogP contribution in [-0.2, 0) is 11.2 Å². The highest BCUT2D eigenvalue weighted by molar-refractivity contribution is 6.42. The maximum Gasteiger partial charge on any atom is 0.227 e. The van der Waals surface area contributed by atoms with Crippen LogP contribution in [0.15, 0.2) is 30.4 Å². The molecule has 0 aromatic heterocycles. The topological polar surface area (TPSA) is 23.6 Å². The second-order valence-electron chi connectivity index (χ2n) is 6.43. The minimum absolute atomic E-state index is 0. The molecule has 6 heteroatoms. The Morgan fingerprint density at radius 2 is 1.83 bits per heavy atom. The Kier molecular flexibility index (Phi) is 8.58. The zero-order valence-electron chi connectivity index (χ0n) is 14.3. The lowest BCUT2D eigenvalue weighted by Gasteiger charge is -2.34. The van der Waals surface area contributed by atoms with Crippen molar-refractivity contribution >= 4 is 41.5 Å². The Balaban J connectivity index is 0.00000288. The highest BCUT2D eigenvalue weighted by Gasteiger charge is 2.25. The summed E-state index contributed by atoms with van der Waals surface area (Å²) in [4.78, 5) is 16.9. The van der Waals surface area contributed by atoms with E-state index in [1.54, 1.807) is 12.1 Å². The molecular weight excluding hydrogens is 367 g/mol. The Morgan fingerprint density at radius 3 is 2.38 bits per heavy atom. The van der Waals surface area contributed by atoms with Gasteiger partial charge in [-0.15, -0.1) is 12.4 Å². The van der Waals surface area contributed by atoms with Crippen molar-refractivity contribution in [3.05, 3.63) is 46.0 Å². The van der Waals surface area contributed by atoms with Crippen LogP contribution in [0.1, 0.15) is 19.4 Å². The van der Waals surface area contributed by atoms with Gasteiger partial charge in [-0.2, -0.15) is 0 Å². The largest absolute Gasteiger partial charge is 0.341 e. The Bertz CT molecular complexity index is 582. The van der Waals surface area contributed by atoms with Gasteiger partial charge in [0, 0.05) is 32.7 Å². The lowest BCUT2D eigenvalue weighted by atomic mass is 10.0. The van der Waals surface area contributed by atoms with Crippen molar-refractivity contribution in [3.8, 4) is 0 Å². The molecule has 134 valence electrons. The van der Waals surface area contributed by atoms with E-state index in [2.05, 4.69) is 30.9 Å². The summed E-state index contributed by atoms with van der Waals surface area (Å²) in [6.07, 6.45) is 4.69. The summed E-state index contributed by atoms with van der Waals surface area (Å²) in [6, 6.07) is 5.56. The smallest absolute Gasteiger partial charge is 0.227 e. The molecule has 3 nitrogen and oxygen atoms in total. The van der Waals surface area contributed by atoms with E-state index < -0.39 is 0 Å². The molecule has 1 aliphatic heterocycles. The Hall–Kier alpha value is -0.740. The number of carbonyl (C=O) groups is 1. The SMILES string of the molecule is CC(C)C(CN1CC=CC1)N(C)C(=O)Cc1ccc(Cl)c(Cl)c1.Cl. The van der Waals surface area contributed by atoms with Crippen molar-refractivity contribution < 1.29 is 4.79 Å². The second-order valence-corrected chi connectivity index (χ2v) is 7.25. The molecule has 24 heavy (non-hydrogen) atoms. The lowest BCUT2D eigenvalue weighted by molar-refractivity contribution is -0.132. The maximum absolute atomic E-state index is 12.6. The van der Waals surface area contributed by atoms with Crippen LogP contribution in [0.25, 0.3) is 0 Å². The fourth-order valence-electron chi connectivity index (χ4n) is 2.85. The van der Waals surface area contributed by atoms with Crippen LogP contribution in [0.3, 0.4) is 0 Å². The van der Waals surface area contributed by atoms with Crippen molar-refractivity contribution in [2.45, 2.75) is 26.3 Å². The van der Waals surface area contributed by atoms with Crippen molar-refractivity contribution in [2.75, 3.05) is 26.7 Å². The molecule has 0 aliphatic carbocycles. The van der Waals surface area contributed by atoms with Crippen molar-refractivity contribution in [1.82, 2.24) is 9.80 Å². The molecule has 0 bridgehead atoms. The number of hydrogen-bond acceptors (Lipinski definition) is 2. The number of hydrogen-bond donors (Lipinski definition) is 0. The van der Waals surface area contributed by atoms with Gasteiger partial charge in [0.05, 0.1) is 16.5 Å². The van der Waals surface area contributed by atoms with Gasteiger partial charge < -0.3 is 4.90 Å². The molecule has 1 heterocycles. The Labute approximate surface area is 161 Å². The molecule has 1 aromatic rings. The van der Waals surface area contributed by atoms with Crippen LogP contribution in [0, 0.1) is 5.92 Å².